The third-order valence-electron chi connectivity index (χ3n) is 5.36. The predicted molar refractivity (Wildman–Crippen MR) is 111 cm³/mol. The van der Waals surface area contributed by atoms with Crippen molar-refractivity contribution in [3.8, 4) is 0 Å². The van der Waals surface area contributed by atoms with E-state index in [1.807, 2.05) is 6.21 Å². The molecule has 3 heterocycles. The molecule has 8 heteroatoms. The van der Waals surface area contributed by atoms with Gasteiger partial charge in [-0.3, -0.25) is 5.43 Å². The quantitative estimate of drug-likeness (QED) is 0.345. The van der Waals surface area contributed by atoms with Gasteiger partial charge in [0.1, 0.15) is 13.1 Å². The van der Waals surface area contributed by atoms with Crippen molar-refractivity contribution in [2.24, 2.45) is 5.10 Å². The van der Waals surface area contributed by atoms with E-state index in [-0.39, 0.29) is 0 Å². The fraction of sp³-hybridized carbons (Fsp3) is 0.684. The second-order valence-corrected chi connectivity index (χ2v) is 7.72. The number of thiocarbonyl (C=S) groups is 1. The second-order valence-electron chi connectivity index (χ2n) is 7.31. The van der Waals surface area contributed by atoms with Crippen LogP contribution in [0.2, 0.25) is 0 Å². The third kappa shape index (κ3) is 6.00. The van der Waals surface area contributed by atoms with Gasteiger partial charge in [0.2, 0.25) is 0 Å². The zero-order valence-electron chi connectivity index (χ0n) is 16.4. The highest BCUT2D eigenvalue weighted by molar-refractivity contribution is 7.80. The fourth-order valence-corrected chi connectivity index (χ4v) is 3.85. The molecule has 1 aromatic heterocycles. The molecule has 3 rings (SSSR count). The van der Waals surface area contributed by atoms with E-state index in [4.69, 9.17) is 21.7 Å². The summed E-state index contributed by atoms with van der Waals surface area (Å²) >= 11 is 5.30. The lowest BCUT2D eigenvalue weighted by Crippen LogP contribution is -3.14. The van der Waals surface area contributed by atoms with Gasteiger partial charge in [0.15, 0.2) is 5.11 Å². The number of hydrogen-bond donors (Lipinski definition) is 3. The monoisotopic (exact) mass is 394 g/mol. The molecule has 1 aromatic rings. The fourth-order valence-electron chi connectivity index (χ4n) is 3.69. The number of aryl methyl sites for hydroxylation is 1. The molecule has 0 amide bonds. The van der Waals surface area contributed by atoms with Gasteiger partial charge in [0.05, 0.1) is 38.6 Å². The molecule has 150 valence electrons. The Labute approximate surface area is 167 Å². The van der Waals surface area contributed by atoms with Crippen molar-refractivity contribution < 1.29 is 14.4 Å². The average molecular weight is 395 g/mol. The van der Waals surface area contributed by atoms with E-state index >= 15 is 0 Å². The molecule has 0 bridgehead atoms. The van der Waals surface area contributed by atoms with Crippen LogP contribution in [0.15, 0.2) is 11.2 Å². The van der Waals surface area contributed by atoms with Crippen molar-refractivity contribution in [3.05, 3.63) is 23.0 Å². The maximum Gasteiger partial charge on any atom is 0.187 e. The highest BCUT2D eigenvalue weighted by Gasteiger charge is 2.18. The van der Waals surface area contributed by atoms with Gasteiger partial charge < -0.3 is 24.3 Å². The molecule has 0 unspecified atom stereocenters. The molecule has 27 heavy (non-hydrogen) atoms. The predicted octanol–water partition coefficient (Wildman–Crippen LogP) is -0.00296. The Balaban J connectivity index is 1.42. The Morgan fingerprint density at radius 1 is 1.37 bits per heavy atom. The SMILES string of the molecule is Cc1cc(/C=N\NC(=S)NCC[NH+]2CCOCC2)c(C)n1C[C@@H]1CCCO1. The number of hydrazone groups is 1. The summed E-state index contributed by atoms with van der Waals surface area (Å²) in [5.74, 6) is 0. The topological polar surface area (TPSA) is 64.2 Å². The number of ether oxygens (including phenoxy) is 2. The number of nitrogens with zero attached hydrogens (tertiary/aromatic N) is 2. The Hall–Kier alpha value is -1.48. The van der Waals surface area contributed by atoms with Gasteiger partial charge in [-0.05, 0) is 45.0 Å². The number of aromatic nitrogens is 1. The molecular weight excluding hydrogens is 362 g/mol. The Morgan fingerprint density at radius 3 is 2.93 bits per heavy atom. The summed E-state index contributed by atoms with van der Waals surface area (Å²) in [6, 6.07) is 2.16. The van der Waals surface area contributed by atoms with E-state index in [1.165, 1.54) is 17.8 Å². The van der Waals surface area contributed by atoms with E-state index in [0.29, 0.717) is 11.2 Å². The van der Waals surface area contributed by atoms with Crippen molar-refractivity contribution >= 4 is 23.5 Å². The molecule has 0 aromatic carbocycles. The number of rotatable bonds is 7. The number of quaternary nitrogens is 1. The van der Waals surface area contributed by atoms with Crippen LogP contribution in [0.5, 0.6) is 0 Å². The molecule has 2 saturated heterocycles. The molecular formula is C19H32N5O2S+. The smallest absolute Gasteiger partial charge is 0.187 e. The maximum absolute atomic E-state index is 5.77. The lowest BCUT2D eigenvalue weighted by molar-refractivity contribution is -0.906. The van der Waals surface area contributed by atoms with Crippen LogP contribution in [0.3, 0.4) is 0 Å². The first-order valence-electron chi connectivity index (χ1n) is 9.90. The molecule has 1 atom stereocenters. The van der Waals surface area contributed by atoms with Gasteiger partial charge >= 0.3 is 0 Å². The minimum atomic E-state index is 0.336. The normalized spacial score (nSPS) is 21.0. The first-order valence-corrected chi connectivity index (χ1v) is 10.3. The van der Waals surface area contributed by atoms with E-state index < -0.39 is 0 Å². The van der Waals surface area contributed by atoms with Crippen molar-refractivity contribution in [1.29, 1.82) is 0 Å². The molecule has 7 nitrogen and oxygen atoms in total. The van der Waals surface area contributed by atoms with Crippen LogP contribution in [-0.4, -0.2) is 68.0 Å². The lowest BCUT2D eigenvalue weighted by Gasteiger charge is -2.23. The van der Waals surface area contributed by atoms with Gasteiger partial charge in [-0.1, -0.05) is 0 Å². The number of nitrogens with one attached hydrogen (secondary N) is 3. The zero-order chi connectivity index (χ0) is 19.1. The summed E-state index contributed by atoms with van der Waals surface area (Å²) in [7, 11) is 0. The minimum absolute atomic E-state index is 0.336. The van der Waals surface area contributed by atoms with Gasteiger partial charge in [-0.15, -0.1) is 0 Å². The molecule has 2 aliphatic heterocycles. The Bertz CT molecular complexity index is 649. The molecule has 3 N–H and O–H groups in total. The molecule has 0 spiro atoms. The van der Waals surface area contributed by atoms with Crippen molar-refractivity contribution in [3.63, 3.8) is 0 Å². The van der Waals surface area contributed by atoms with Crippen LogP contribution in [-0.2, 0) is 16.0 Å². The summed E-state index contributed by atoms with van der Waals surface area (Å²) < 4.78 is 13.5. The lowest BCUT2D eigenvalue weighted by atomic mass is 10.2. The minimum Gasteiger partial charge on any atom is -0.376 e. The molecule has 2 aliphatic rings. The molecule has 0 radical (unpaired) electrons. The van der Waals surface area contributed by atoms with Crippen LogP contribution in [0.25, 0.3) is 0 Å². The first kappa shape index (κ1) is 20.3. The number of hydrogen-bond acceptors (Lipinski definition) is 4. The van der Waals surface area contributed by atoms with Crippen LogP contribution in [0.4, 0.5) is 0 Å². The third-order valence-corrected chi connectivity index (χ3v) is 5.59. The van der Waals surface area contributed by atoms with Gasteiger partial charge in [0.25, 0.3) is 0 Å². The zero-order valence-corrected chi connectivity index (χ0v) is 17.2. The summed E-state index contributed by atoms with van der Waals surface area (Å²) in [6.07, 6.45) is 4.49. The summed E-state index contributed by atoms with van der Waals surface area (Å²) in [5, 5.41) is 8.08. The summed E-state index contributed by atoms with van der Waals surface area (Å²) in [5.41, 5.74) is 6.48. The van der Waals surface area contributed by atoms with Crippen LogP contribution < -0.4 is 15.6 Å². The molecule has 0 aliphatic carbocycles. The number of morpholine rings is 1. The van der Waals surface area contributed by atoms with Crippen LogP contribution in [0, 0.1) is 13.8 Å². The summed E-state index contributed by atoms with van der Waals surface area (Å²) in [4.78, 5) is 1.55. The maximum atomic E-state index is 5.77. The van der Waals surface area contributed by atoms with E-state index in [9.17, 15) is 0 Å². The van der Waals surface area contributed by atoms with Gasteiger partial charge in [-0.25, -0.2) is 0 Å². The molecule has 0 saturated carbocycles. The molecule has 2 fully saturated rings. The van der Waals surface area contributed by atoms with Crippen molar-refractivity contribution in [2.45, 2.75) is 39.3 Å². The second kappa shape index (κ2) is 10.2. The summed E-state index contributed by atoms with van der Waals surface area (Å²) in [6.45, 7) is 11.8. The standard InChI is InChI=1S/C19H31N5O2S/c1-15-12-17(16(2)24(15)14-18-4-3-9-26-18)13-21-22-19(27)20-5-6-23-7-10-25-11-8-23/h12-13,18H,3-11,14H2,1-2H3,(H2,20,22,27)/p+1/b21-13-/t18-/m0/s1. The van der Waals surface area contributed by atoms with E-state index in [2.05, 4.69) is 40.3 Å². The first-order chi connectivity index (χ1) is 13.1. The van der Waals surface area contributed by atoms with Gasteiger partial charge in [-0.2, -0.15) is 5.10 Å². The Kier molecular flexibility index (Phi) is 7.63. The largest absolute Gasteiger partial charge is 0.376 e. The van der Waals surface area contributed by atoms with Gasteiger partial charge in [0, 0.05) is 30.1 Å². The van der Waals surface area contributed by atoms with Crippen LogP contribution >= 0.6 is 12.2 Å². The average Bonchev–Trinajstić information content (AvgIpc) is 3.27. The van der Waals surface area contributed by atoms with E-state index in [1.54, 1.807) is 4.90 Å². The van der Waals surface area contributed by atoms with Crippen molar-refractivity contribution in [1.82, 2.24) is 15.3 Å². The van der Waals surface area contributed by atoms with E-state index in [0.717, 1.165) is 64.5 Å². The highest BCUT2D eigenvalue weighted by Crippen LogP contribution is 2.19. The highest BCUT2D eigenvalue weighted by atomic mass is 32.1. The van der Waals surface area contributed by atoms with Crippen molar-refractivity contribution in [2.75, 3.05) is 46.0 Å². The van der Waals surface area contributed by atoms with Crippen LogP contribution in [0.1, 0.15) is 29.8 Å². The Morgan fingerprint density at radius 2 is 2.19 bits per heavy atom.